The zero-order chi connectivity index (χ0) is 12.8. The van der Waals surface area contributed by atoms with E-state index in [-0.39, 0.29) is 0 Å². The highest BCUT2D eigenvalue weighted by Gasteiger charge is 2.43. The van der Waals surface area contributed by atoms with E-state index in [2.05, 4.69) is 0 Å². The van der Waals surface area contributed by atoms with Crippen LogP contribution in [0.1, 0.15) is 55.1 Å². The van der Waals surface area contributed by atoms with Gasteiger partial charge in [-0.25, -0.2) is 0 Å². The third-order valence-corrected chi connectivity index (χ3v) is 4.69. The standard InChI is InChI=1S/C15H20O3/c16-14(17)11-5-7-13-10(9-11)4-6-12-3-1-2-8-15(12,13)18/h5,7,9,12,14,16-18H,1-4,6,8H2/t12?,15-/m1/s1. The van der Waals surface area contributed by atoms with Crippen LogP contribution < -0.4 is 0 Å². The van der Waals surface area contributed by atoms with Crippen LogP contribution in [0.15, 0.2) is 18.2 Å². The molecule has 1 aromatic carbocycles. The summed E-state index contributed by atoms with van der Waals surface area (Å²) in [5.41, 5.74) is 1.95. The highest BCUT2D eigenvalue weighted by Crippen LogP contribution is 2.48. The van der Waals surface area contributed by atoms with E-state index < -0.39 is 11.9 Å². The second kappa shape index (κ2) is 4.34. The Kier molecular flexibility index (Phi) is 2.93. The topological polar surface area (TPSA) is 60.7 Å². The Morgan fingerprint density at radius 2 is 2.00 bits per heavy atom. The number of fused-ring (bicyclic) bond motifs is 3. The van der Waals surface area contributed by atoms with E-state index in [0.717, 1.165) is 43.2 Å². The number of rotatable bonds is 1. The molecule has 0 heterocycles. The Balaban J connectivity index is 2.03. The molecule has 3 nitrogen and oxygen atoms in total. The number of aryl methyl sites for hydroxylation is 1. The molecule has 0 amide bonds. The second-order valence-electron chi connectivity index (χ2n) is 5.70. The lowest BCUT2D eigenvalue weighted by Crippen LogP contribution is -2.41. The molecule has 1 fully saturated rings. The Morgan fingerprint density at radius 1 is 1.17 bits per heavy atom. The molecular formula is C15H20O3. The van der Waals surface area contributed by atoms with Crippen molar-refractivity contribution in [2.24, 2.45) is 5.92 Å². The molecule has 3 N–H and O–H groups in total. The SMILES string of the molecule is OC(O)c1ccc2c(c1)CCC1CCCC[C@]21O. The van der Waals surface area contributed by atoms with E-state index in [4.69, 9.17) is 0 Å². The number of hydrogen-bond acceptors (Lipinski definition) is 3. The van der Waals surface area contributed by atoms with Crippen molar-refractivity contribution in [1.82, 2.24) is 0 Å². The van der Waals surface area contributed by atoms with Crippen LogP contribution in [0, 0.1) is 5.92 Å². The number of aliphatic hydroxyl groups excluding tert-OH is 1. The summed E-state index contributed by atoms with van der Waals surface area (Å²) in [7, 11) is 0. The van der Waals surface area contributed by atoms with Crippen LogP contribution in [0.5, 0.6) is 0 Å². The maximum absolute atomic E-state index is 10.9. The summed E-state index contributed by atoms with van der Waals surface area (Å²) in [6.07, 6.45) is 4.77. The van der Waals surface area contributed by atoms with Crippen LogP contribution in [0.3, 0.4) is 0 Å². The zero-order valence-electron chi connectivity index (χ0n) is 10.5. The Bertz CT molecular complexity index is 455. The highest BCUT2D eigenvalue weighted by molar-refractivity contribution is 5.39. The fraction of sp³-hybridized carbons (Fsp3) is 0.600. The molecule has 3 heteroatoms. The van der Waals surface area contributed by atoms with Crippen molar-refractivity contribution in [1.29, 1.82) is 0 Å². The van der Waals surface area contributed by atoms with Gasteiger partial charge >= 0.3 is 0 Å². The van der Waals surface area contributed by atoms with Crippen molar-refractivity contribution in [3.8, 4) is 0 Å². The third kappa shape index (κ3) is 1.78. The van der Waals surface area contributed by atoms with Crippen LogP contribution in [-0.2, 0) is 12.0 Å². The zero-order valence-corrected chi connectivity index (χ0v) is 10.5. The monoisotopic (exact) mass is 248 g/mol. The van der Waals surface area contributed by atoms with Crippen molar-refractivity contribution < 1.29 is 15.3 Å². The molecule has 0 aliphatic heterocycles. The summed E-state index contributed by atoms with van der Waals surface area (Å²) >= 11 is 0. The van der Waals surface area contributed by atoms with Gasteiger partial charge in [-0.1, -0.05) is 31.0 Å². The van der Waals surface area contributed by atoms with E-state index >= 15 is 0 Å². The van der Waals surface area contributed by atoms with Crippen molar-refractivity contribution in [2.75, 3.05) is 0 Å². The first-order valence-electron chi connectivity index (χ1n) is 6.83. The quantitative estimate of drug-likeness (QED) is 0.666. The van der Waals surface area contributed by atoms with Gasteiger partial charge in [0.15, 0.2) is 6.29 Å². The Labute approximate surface area is 107 Å². The molecule has 1 saturated carbocycles. The summed E-state index contributed by atoms with van der Waals surface area (Å²) in [6, 6.07) is 5.45. The van der Waals surface area contributed by atoms with Gasteiger partial charge in [-0.3, -0.25) is 0 Å². The van der Waals surface area contributed by atoms with Crippen molar-refractivity contribution in [3.05, 3.63) is 34.9 Å². The summed E-state index contributed by atoms with van der Waals surface area (Å²) in [4.78, 5) is 0. The lowest BCUT2D eigenvalue weighted by Gasteiger charge is -2.45. The largest absolute Gasteiger partial charge is 0.385 e. The minimum absolute atomic E-state index is 0.378. The van der Waals surface area contributed by atoms with E-state index in [1.807, 2.05) is 12.1 Å². The molecule has 3 rings (SSSR count). The molecular weight excluding hydrogens is 228 g/mol. The average Bonchev–Trinajstić information content (AvgIpc) is 2.37. The van der Waals surface area contributed by atoms with Gasteiger partial charge in [0, 0.05) is 5.56 Å². The number of aliphatic hydroxyl groups is 3. The van der Waals surface area contributed by atoms with E-state index in [9.17, 15) is 15.3 Å². The van der Waals surface area contributed by atoms with Gasteiger partial charge in [-0.15, -0.1) is 0 Å². The van der Waals surface area contributed by atoms with Gasteiger partial charge in [0.25, 0.3) is 0 Å². The predicted octanol–water partition coefficient (Wildman–Crippen LogP) is 1.99. The summed E-state index contributed by atoms with van der Waals surface area (Å²) < 4.78 is 0. The second-order valence-corrected chi connectivity index (χ2v) is 5.70. The van der Waals surface area contributed by atoms with Gasteiger partial charge in [-0.05, 0) is 42.7 Å². The third-order valence-electron chi connectivity index (χ3n) is 4.69. The smallest absolute Gasteiger partial charge is 0.178 e. The molecule has 2 atom stereocenters. The summed E-state index contributed by atoms with van der Waals surface area (Å²) in [5, 5.41) is 29.4. The van der Waals surface area contributed by atoms with Crippen LogP contribution in [0.25, 0.3) is 0 Å². The van der Waals surface area contributed by atoms with Crippen molar-refractivity contribution in [3.63, 3.8) is 0 Å². The van der Waals surface area contributed by atoms with Gasteiger partial charge in [0.2, 0.25) is 0 Å². The van der Waals surface area contributed by atoms with Crippen LogP contribution >= 0.6 is 0 Å². The highest BCUT2D eigenvalue weighted by atomic mass is 16.5. The maximum atomic E-state index is 10.9. The first-order chi connectivity index (χ1) is 8.61. The maximum Gasteiger partial charge on any atom is 0.178 e. The summed E-state index contributed by atoms with van der Waals surface area (Å²) in [6.45, 7) is 0. The van der Waals surface area contributed by atoms with Gasteiger partial charge in [0.1, 0.15) is 0 Å². The van der Waals surface area contributed by atoms with Gasteiger partial charge in [0.05, 0.1) is 5.60 Å². The molecule has 2 aliphatic rings. The Morgan fingerprint density at radius 3 is 2.78 bits per heavy atom. The van der Waals surface area contributed by atoms with Crippen LogP contribution in [0.4, 0.5) is 0 Å². The predicted molar refractivity (Wildman–Crippen MR) is 67.8 cm³/mol. The fourth-order valence-electron chi connectivity index (χ4n) is 3.70. The van der Waals surface area contributed by atoms with Crippen molar-refractivity contribution >= 4 is 0 Å². The normalized spacial score (nSPS) is 31.0. The fourth-order valence-corrected chi connectivity index (χ4v) is 3.70. The van der Waals surface area contributed by atoms with E-state index in [0.29, 0.717) is 11.5 Å². The van der Waals surface area contributed by atoms with E-state index in [1.165, 1.54) is 6.42 Å². The molecule has 2 aliphatic carbocycles. The molecule has 98 valence electrons. The first-order valence-corrected chi connectivity index (χ1v) is 6.83. The molecule has 0 radical (unpaired) electrons. The molecule has 0 saturated heterocycles. The summed E-state index contributed by atoms with van der Waals surface area (Å²) in [5.74, 6) is 0.378. The molecule has 0 aromatic heterocycles. The van der Waals surface area contributed by atoms with Crippen LogP contribution in [-0.4, -0.2) is 15.3 Å². The molecule has 1 unspecified atom stereocenters. The van der Waals surface area contributed by atoms with Crippen LogP contribution in [0.2, 0.25) is 0 Å². The average molecular weight is 248 g/mol. The minimum atomic E-state index is -1.42. The number of benzene rings is 1. The van der Waals surface area contributed by atoms with Gasteiger partial charge in [-0.2, -0.15) is 0 Å². The molecule has 0 bridgehead atoms. The molecule has 1 aromatic rings. The molecule has 18 heavy (non-hydrogen) atoms. The lowest BCUT2D eigenvalue weighted by atomic mass is 9.64. The molecule has 0 spiro atoms. The lowest BCUT2D eigenvalue weighted by molar-refractivity contribution is -0.0649. The van der Waals surface area contributed by atoms with Gasteiger partial charge < -0.3 is 15.3 Å². The van der Waals surface area contributed by atoms with Crippen molar-refractivity contribution in [2.45, 2.75) is 50.4 Å². The number of hydrogen-bond donors (Lipinski definition) is 3. The Hall–Kier alpha value is -0.900. The van der Waals surface area contributed by atoms with E-state index in [1.54, 1.807) is 6.07 Å². The minimum Gasteiger partial charge on any atom is -0.385 e. The first kappa shape index (κ1) is 12.2.